The minimum Gasteiger partial charge on any atom is -0.356 e. The van der Waals surface area contributed by atoms with Crippen LogP contribution in [0.3, 0.4) is 0 Å². The molecule has 3 rings (SSSR count). The summed E-state index contributed by atoms with van der Waals surface area (Å²) in [6.07, 6.45) is -6.59. The standard InChI is InChI=1S/C23H31F5N4O6/c1-21(2,3)31-19(36)20(37)32-9-12-7-22(24,25)8-13(12)16(32)18(35)30-14(6-11-4-5-29-17(11)34)15(33)10-38-23(26,27)28/h11-14,16H,4-10H2,1-3H3,(H,29,34)(H,30,35)(H,31,36)/t11-,12-,13-,14-,16-/m0/s1. The molecule has 0 aromatic heterocycles. The van der Waals surface area contributed by atoms with Gasteiger partial charge in [0.2, 0.25) is 17.7 Å². The van der Waals surface area contributed by atoms with Gasteiger partial charge in [0, 0.05) is 37.4 Å². The highest BCUT2D eigenvalue weighted by molar-refractivity contribution is 6.35. The Morgan fingerprint density at radius 3 is 2.37 bits per heavy atom. The second-order valence-electron chi connectivity index (χ2n) is 11.1. The lowest BCUT2D eigenvalue weighted by molar-refractivity contribution is -0.321. The zero-order chi connectivity index (χ0) is 28.6. The number of nitrogens with one attached hydrogen (secondary N) is 3. The van der Waals surface area contributed by atoms with Crippen molar-refractivity contribution in [3.05, 3.63) is 0 Å². The third-order valence-electron chi connectivity index (χ3n) is 6.85. The van der Waals surface area contributed by atoms with E-state index in [2.05, 4.69) is 20.7 Å². The van der Waals surface area contributed by atoms with Gasteiger partial charge >= 0.3 is 18.2 Å². The summed E-state index contributed by atoms with van der Waals surface area (Å²) >= 11 is 0. The van der Waals surface area contributed by atoms with Gasteiger partial charge in [-0.2, -0.15) is 0 Å². The predicted octanol–water partition coefficient (Wildman–Crippen LogP) is 0.890. The molecule has 0 bridgehead atoms. The van der Waals surface area contributed by atoms with E-state index < -0.39 is 96.5 Å². The van der Waals surface area contributed by atoms with E-state index in [0.717, 1.165) is 4.90 Å². The molecule has 0 radical (unpaired) electrons. The number of halogens is 5. The number of Topliss-reactive ketones (excluding diaryl/α,β-unsaturated/α-hetero) is 1. The molecule has 4 amide bonds. The Bertz CT molecular complexity index is 982. The van der Waals surface area contributed by atoms with Crippen LogP contribution >= 0.6 is 0 Å². The number of carbonyl (C=O) groups is 5. The molecule has 10 nitrogen and oxygen atoms in total. The van der Waals surface area contributed by atoms with E-state index in [1.54, 1.807) is 20.8 Å². The normalized spacial score (nSPS) is 27.5. The van der Waals surface area contributed by atoms with Gasteiger partial charge in [-0.05, 0) is 45.4 Å². The number of hydrogen-bond acceptors (Lipinski definition) is 6. The molecule has 15 heteroatoms. The fraction of sp³-hybridized carbons (Fsp3) is 0.783. The van der Waals surface area contributed by atoms with Gasteiger partial charge in [0.05, 0.1) is 6.04 Å². The molecule has 0 aromatic carbocycles. The Morgan fingerprint density at radius 2 is 1.82 bits per heavy atom. The Morgan fingerprint density at radius 1 is 1.16 bits per heavy atom. The van der Waals surface area contributed by atoms with Crippen LogP contribution in [0.1, 0.15) is 46.5 Å². The number of nitrogens with zero attached hydrogens (tertiary/aromatic N) is 1. The smallest absolute Gasteiger partial charge is 0.356 e. The van der Waals surface area contributed by atoms with E-state index >= 15 is 0 Å². The summed E-state index contributed by atoms with van der Waals surface area (Å²) in [4.78, 5) is 64.4. The van der Waals surface area contributed by atoms with E-state index in [1.807, 2.05) is 0 Å². The fourth-order valence-electron chi connectivity index (χ4n) is 5.30. The molecule has 3 aliphatic rings. The van der Waals surface area contributed by atoms with Crippen LogP contribution in [0, 0.1) is 17.8 Å². The molecule has 3 fully saturated rings. The number of amides is 4. The lowest BCUT2D eigenvalue weighted by atomic mass is 9.92. The topological polar surface area (TPSA) is 134 Å². The first kappa shape index (κ1) is 29.7. The molecule has 38 heavy (non-hydrogen) atoms. The van der Waals surface area contributed by atoms with Crippen molar-refractivity contribution < 1.29 is 50.7 Å². The van der Waals surface area contributed by atoms with Crippen molar-refractivity contribution in [3.63, 3.8) is 0 Å². The van der Waals surface area contributed by atoms with Crippen LogP contribution in [0.2, 0.25) is 0 Å². The SMILES string of the molecule is CC(C)(C)NC(=O)C(=O)N1C[C@@H]2CC(F)(F)C[C@@H]2[C@H]1C(=O)N[C@@H](C[C@@H]1CCNC1=O)C(=O)COC(F)(F)F. The lowest BCUT2D eigenvalue weighted by Crippen LogP contribution is -2.57. The largest absolute Gasteiger partial charge is 0.522 e. The first-order valence-corrected chi connectivity index (χ1v) is 12.2. The zero-order valence-electron chi connectivity index (χ0n) is 21.1. The fourth-order valence-corrected chi connectivity index (χ4v) is 5.30. The number of hydrogen-bond donors (Lipinski definition) is 3. The van der Waals surface area contributed by atoms with Crippen LogP contribution in [-0.2, 0) is 28.7 Å². The Hall–Kier alpha value is -2.84. The van der Waals surface area contributed by atoms with Gasteiger partial charge in [0.25, 0.3) is 0 Å². The Kier molecular flexibility index (Phi) is 8.39. The third-order valence-corrected chi connectivity index (χ3v) is 6.85. The summed E-state index contributed by atoms with van der Waals surface area (Å²) in [5, 5.41) is 7.23. The van der Waals surface area contributed by atoms with E-state index in [9.17, 15) is 45.9 Å². The molecule has 2 heterocycles. The van der Waals surface area contributed by atoms with E-state index in [0.29, 0.717) is 0 Å². The zero-order valence-corrected chi connectivity index (χ0v) is 21.1. The summed E-state index contributed by atoms with van der Waals surface area (Å²) in [5.74, 6) is -10.7. The Balaban J connectivity index is 1.84. The van der Waals surface area contributed by atoms with Crippen LogP contribution in [-0.4, -0.2) is 83.9 Å². The van der Waals surface area contributed by atoms with Crippen molar-refractivity contribution in [2.45, 2.75) is 76.4 Å². The van der Waals surface area contributed by atoms with Crippen molar-refractivity contribution in [2.75, 3.05) is 19.7 Å². The molecule has 5 atom stereocenters. The minimum absolute atomic E-state index is 0.260. The third kappa shape index (κ3) is 7.38. The number of carbonyl (C=O) groups excluding carboxylic acids is 5. The van der Waals surface area contributed by atoms with E-state index in [4.69, 9.17) is 0 Å². The van der Waals surface area contributed by atoms with Gasteiger partial charge < -0.3 is 20.9 Å². The van der Waals surface area contributed by atoms with Crippen molar-refractivity contribution in [2.24, 2.45) is 17.8 Å². The maximum Gasteiger partial charge on any atom is 0.522 e. The first-order chi connectivity index (χ1) is 17.4. The molecular weight excluding hydrogens is 523 g/mol. The summed E-state index contributed by atoms with van der Waals surface area (Å²) in [6, 6.07) is -3.19. The molecule has 0 aromatic rings. The van der Waals surface area contributed by atoms with E-state index in [1.165, 1.54) is 0 Å². The molecule has 2 aliphatic heterocycles. The number of likely N-dealkylation sites (tertiary alicyclic amines) is 1. The minimum atomic E-state index is -5.13. The molecule has 2 saturated heterocycles. The monoisotopic (exact) mass is 554 g/mol. The highest BCUT2D eigenvalue weighted by Crippen LogP contribution is 2.49. The van der Waals surface area contributed by atoms with Gasteiger partial charge in [-0.25, -0.2) is 8.78 Å². The van der Waals surface area contributed by atoms with Crippen LogP contribution in [0.15, 0.2) is 0 Å². The van der Waals surface area contributed by atoms with E-state index in [-0.39, 0.29) is 25.9 Å². The molecule has 0 spiro atoms. The summed E-state index contributed by atoms with van der Waals surface area (Å²) < 4.78 is 69.6. The van der Waals surface area contributed by atoms with Crippen molar-refractivity contribution in [1.29, 1.82) is 0 Å². The quantitative estimate of drug-likeness (QED) is 0.316. The van der Waals surface area contributed by atoms with Gasteiger partial charge in [0.15, 0.2) is 5.78 Å². The van der Waals surface area contributed by atoms with Gasteiger partial charge in [0.1, 0.15) is 12.6 Å². The maximum atomic E-state index is 14.2. The number of rotatable bonds is 7. The molecule has 1 saturated carbocycles. The molecule has 1 aliphatic carbocycles. The van der Waals surface area contributed by atoms with Crippen molar-refractivity contribution in [1.82, 2.24) is 20.9 Å². The van der Waals surface area contributed by atoms with Crippen LogP contribution in [0.25, 0.3) is 0 Å². The molecular formula is C23H31F5N4O6. The summed E-state index contributed by atoms with van der Waals surface area (Å²) in [6.45, 7) is 3.34. The molecule has 3 N–H and O–H groups in total. The highest BCUT2D eigenvalue weighted by atomic mass is 19.4. The average Bonchev–Trinajstić information content (AvgIpc) is 3.40. The van der Waals surface area contributed by atoms with Gasteiger partial charge in [-0.15, -0.1) is 13.2 Å². The van der Waals surface area contributed by atoms with Crippen LogP contribution in [0.4, 0.5) is 22.0 Å². The number of alkyl halides is 5. The number of ether oxygens (including phenoxy) is 1. The van der Waals surface area contributed by atoms with Gasteiger partial charge in [-0.1, -0.05) is 0 Å². The number of ketones is 1. The summed E-state index contributed by atoms with van der Waals surface area (Å²) in [5.41, 5.74) is -0.815. The maximum absolute atomic E-state index is 14.2. The lowest BCUT2D eigenvalue weighted by Gasteiger charge is -2.30. The number of fused-ring (bicyclic) bond motifs is 1. The van der Waals surface area contributed by atoms with Crippen LogP contribution < -0.4 is 16.0 Å². The summed E-state index contributed by atoms with van der Waals surface area (Å²) in [7, 11) is 0. The van der Waals surface area contributed by atoms with Gasteiger partial charge in [-0.3, -0.25) is 28.7 Å². The average molecular weight is 555 g/mol. The molecule has 214 valence electrons. The second kappa shape index (κ2) is 10.7. The highest BCUT2D eigenvalue weighted by Gasteiger charge is 2.58. The first-order valence-electron chi connectivity index (χ1n) is 12.2. The van der Waals surface area contributed by atoms with Crippen LogP contribution in [0.5, 0.6) is 0 Å². The van der Waals surface area contributed by atoms with Crippen molar-refractivity contribution >= 4 is 29.4 Å². The Labute approximate surface area is 215 Å². The predicted molar refractivity (Wildman–Crippen MR) is 119 cm³/mol. The second-order valence-corrected chi connectivity index (χ2v) is 11.1. The van der Waals surface area contributed by atoms with Crippen molar-refractivity contribution in [3.8, 4) is 0 Å². The molecule has 0 unspecified atom stereocenters.